The van der Waals surface area contributed by atoms with Crippen LogP contribution in [-0.4, -0.2) is 111 Å². The molecule has 5 aliphatic carbocycles. The molecule has 0 radical (unpaired) electrons. The van der Waals surface area contributed by atoms with Crippen LogP contribution in [0, 0.1) is 23.7 Å². The molecule has 3 aliphatic heterocycles. The van der Waals surface area contributed by atoms with Crippen LogP contribution >= 0.6 is 0 Å². The summed E-state index contributed by atoms with van der Waals surface area (Å²) in [6.07, 6.45) is -5.71. The van der Waals surface area contributed by atoms with Crippen LogP contribution in [0.3, 0.4) is 0 Å². The first-order valence-corrected chi connectivity index (χ1v) is 19.6. The second-order valence-corrected chi connectivity index (χ2v) is 17.2. The Balaban J connectivity index is 0.000000169. The minimum absolute atomic E-state index is 0.0400. The molecule has 8 rings (SSSR count). The number of hydrogen-bond acceptors (Lipinski definition) is 9. The van der Waals surface area contributed by atoms with E-state index in [1.54, 1.807) is 13.8 Å². The molecule has 0 aromatic rings. The zero-order valence-electron chi connectivity index (χ0n) is 33.1. The molecule has 4 bridgehead atoms. The molecule has 0 N–H and O–H groups in total. The van der Waals surface area contributed by atoms with E-state index in [1.807, 2.05) is 0 Å². The number of ether oxygens (including phenoxy) is 9. The first-order chi connectivity index (χ1) is 26.5. The molecule has 3 saturated heterocycles. The maximum Gasteiger partial charge on any atom is 0.419 e. The van der Waals surface area contributed by atoms with Crippen LogP contribution in [-0.2, 0) is 42.6 Å². The fraction of sp³-hybridized carbons (Fsp3) is 1.00. The van der Waals surface area contributed by atoms with Gasteiger partial charge in [-0.15, -0.1) is 0 Å². The van der Waals surface area contributed by atoms with Gasteiger partial charge in [0.2, 0.25) is 0 Å². The summed E-state index contributed by atoms with van der Waals surface area (Å²) in [4.78, 5) is 0. The molecular weight excluding hydrogens is 816 g/mol. The van der Waals surface area contributed by atoms with Crippen molar-refractivity contribution in [3.05, 3.63) is 0 Å². The highest BCUT2D eigenvalue weighted by atomic mass is 19.3. The van der Waals surface area contributed by atoms with Crippen molar-refractivity contribution >= 4 is 0 Å². The van der Waals surface area contributed by atoms with Gasteiger partial charge in [-0.05, 0) is 70.6 Å². The Bertz CT molecular complexity index is 1320. The highest BCUT2D eigenvalue weighted by molar-refractivity contribution is 5.05. The monoisotopic (exact) mass is 870 g/mol. The maximum absolute atomic E-state index is 13.2. The average molecular weight is 871 g/mol. The minimum Gasteiger partial charge on any atom is -0.348 e. The van der Waals surface area contributed by atoms with Crippen molar-refractivity contribution in [2.75, 3.05) is 39.6 Å². The Labute approximate surface area is 329 Å². The van der Waals surface area contributed by atoms with Gasteiger partial charge in [-0.3, -0.25) is 0 Å². The first-order valence-electron chi connectivity index (χ1n) is 19.6. The van der Waals surface area contributed by atoms with Gasteiger partial charge in [0, 0.05) is 45.4 Å². The predicted octanol–water partition coefficient (Wildman–Crippen LogP) is 9.55. The maximum atomic E-state index is 13.2. The summed E-state index contributed by atoms with van der Waals surface area (Å²) in [6, 6.07) is 0. The molecule has 9 nitrogen and oxygen atoms in total. The lowest BCUT2D eigenvalue weighted by Crippen LogP contribution is -2.58. The highest BCUT2D eigenvalue weighted by Gasteiger charge is 2.63. The van der Waals surface area contributed by atoms with Crippen molar-refractivity contribution in [3.63, 3.8) is 0 Å². The largest absolute Gasteiger partial charge is 0.419 e. The second-order valence-electron chi connectivity index (χ2n) is 17.2. The molecule has 58 heavy (non-hydrogen) atoms. The van der Waals surface area contributed by atoms with E-state index in [1.165, 1.54) is 6.42 Å². The van der Waals surface area contributed by atoms with Crippen LogP contribution in [0.25, 0.3) is 0 Å². The summed E-state index contributed by atoms with van der Waals surface area (Å²) in [7, 11) is 0. The van der Waals surface area contributed by atoms with E-state index in [2.05, 4.69) is 14.2 Å². The lowest BCUT2D eigenvalue weighted by molar-refractivity contribution is -0.350. The van der Waals surface area contributed by atoms with Gasteiger partial charge in [0.15, 0.2) is 17.4 Å². The molecule has 3 atom stereocenters. The van der Waals surface area contributed by atoms with E-state index in [4.69, 9.17) is 28.4 Å². The van der Waals surface area contributed by atoms with Crippen LogP contribution in [0.1, 0.15) is 98.8 Å². The third-order valence-electron chi connectivity index (χ3n) is 11.6. The summed E-state index contributed by atoms with van der Waals surface area (Å²) >= 11 is 0. The zero-order chi connectivity index (χ0) is 43.2. The van der Waals surface area contributed by atoms with Crippen LogP contribution in [0.4, 0.5) is 52.7 Å². The number of alkyl halides is 12. The number of halogens is 12. The molecule has 21 heteroatoms. The molecule has 3 unspecified atom stereocenters. The summed E-state index contributed by atoms with van der Waals surface area (Å²) in [5.74, 6) is -12.9. The number of rotatable bonds is 12. The van der Waals surface area contributed by atoms with Gasteiger partial charge in [0.05, 0.1) is 39.6 Å². The van der Waals surface area contributed by atoms with Crippen molar-refractivity contribution in [2.24, 2.45) is 23.7 Å². The summed E-state index contributed by atoms with van der Waals surface area (Å²) in [6.45, 7) is 2.03. The predicted molar refractivity (Wildman–Crippen MR) is 177 cm³/mol. The summed E-state index contributed by atoms with van der Waals surface area (Å²) in [5.41, 5.74) is 0. The van der Waals surface area contributed by atoms with Crippen LogP contribution in [0.5, 0.6) is 0 Å². The molecule has 5 saturated carbocycles. The quantitative estimate of drug-likeness (QED) is 0.178. The van der Waals surface area contributed by atoms with Crippen molar-refractivity contribution in [1.29, 1.82) is 0 Å². The normalized spacial score (nSPS) is 34.6. The van der Waals surface area contributed by atoms with E-state index in [-0.39, 0.29) is 40.6 Å². The minimum atomic E-state index is -4.50. The molecule has 3 heterocycles. The molecular formula is C37H54F12O9. The van der Waals surface area contributed by atoms with E-state index >= 15 is 0 Å². The first kappa shape index (κ1) is 47.8. The van der Waals surface area contributed by atoms with Gasteiger partial charge in [0.25, 0.3) is 0 Å². The Kier molecular flexibility index (Phi) is 14.2. The van der Waals surface area contributed by atoms with Gasteiger partial charge in [-0.2, -0.15) is 52.7 Å². The Morgan fingerprint density at radius 2 is 0.862 bits per heavy atom. The fourth-order valence-corrected chi connectivity index (χ4v) is 8.77. The third kappa shape index (κ3) is 11.2. The van der Waals surface area contributed by atoms with Gasteiger partial charge in [-0.25, -0.2) is 0 Å². The van der Waals surface area contributed by atoms with E-state index in [9.17, 15) is 52.7 Å². The summed E-state index contributed by atoms with van der Waals surface area (Å²) in [5, 5.41) is 0. The molecule has 340 valence electrons. The molecule has 0 amide bonds. The molecule has 0 aromatic heterocycles. The number of hydrogen-bond donors (Lipinski definition) is 0. The summed E-state index contributed by atoms with van der Waals surface area (Å²) < 4.78 is 199. The fourth-order valence-electron chi connectivity index (χ4n) is 8.77. The van der Waals surface area contributed by atoms with E-state index in [0.29, 0.717) is 24.7 Å². The van der Waals surface area contributed by atoms with Gasteiger partial charge in [-0.1, -0.05) is 6.42 Å². The lowest BCUT2D eigenvalue weighted by Gasteiger charge is -2.58. The SMILES string of the molecule is CC(F)(F)C(F)(F)OCC1COC2(CCCCC2)O1.CC(F)(F)C(F)(F)OCC1COC2(O1)C1CC3CC(C1)CC2C3.CC1(C)OCC(COC(F)(F)C(C)(F)F)O1. The molecule has 8 fully saturated rings. The van der Waals surface area contributed by atoms with Crippen LogP contribution in [0.15, 0.2) is 0 Å². The topological polar surface area (TPSA) is 83.1 Å². The third-order valence-corrected chi connectivity index (χ3v) is 11.6. The second kappa shape index (κ2) is 17.2. The molecule has 8 aliphatic rings. The standard InChI is InChI=1S/C16H22F4O3.C12H18F4O3.C9H14F4O3/c1-14(17,18)16(19,20)22-8-13-7-21-15(23-13)11-3-9-2-10(5-11)6-12(15)4-9;1-10(13,14)12(15,16)18-8-9-7-17-11(19-9)5-3-2-4-6-11;1-7(2)14-4-6(16-7)5-15-9(12,13)8(3,10)11/h9-13H,2-8H2,1H3;9H,2-8H2,1H3;6H,4-5H2,1-3H3. The van der Waals surface area contributed by atoms with Crippen molar-refractivity contribution in [1.82, 2.24) is 0 Å². The lowest BCUT2D eigenvalue weighted by atomic mass is 9.53. The smallest absolute Gasteiger partial charge is 0.348 e. The Morgan fingerprint density at radius 3 is 1.26 bits per heavy atom. The van der Waals surface area contributed by atoms with Crippen molar-refractivity contribution in [3.8, 4) is 0 Å². The molecule has 0 aromatic carbocycles. The van der Waals surface area contributed by atoms with Crippen molar-refractivity contribution in [2.45, 2.75) is 171 Å². The highest BCUT2D eigenvalue weighted by Crippen LogP contribution is 2.61. The van der Waals surface area contributed by atoms with Crippen LogP contribution in [0.2, 0.25) is 0 Å². The van der Waals surface area contributed by atoms with Gasteiger partial charge in [0.1, 0.15) is 18.3 Å². The molecule has 2 spiro atoms. The van der Waals surface area contributed by atoms with Crippen molar-refractivity contribution < 1.29 is 95.3 Å². The van der Waals surface area contributed by atoms with Gasteiger partial charge >= 0.3 is 36.1 Å². The average Bonchev–Trinajstić information content (AvgIpc) is 3.81. The van der Waals surface area contributed by atoms with E-state index in [0.717, 1.165) is 56.8 Å². The van der Waals surface area contributed by atoms with Crippen LogP contribution < -0.4 is 0 Å². The van der Waals surface area contributed by atoms with Gasteiger partial charge < -0.3 is 42.6 Å². The van der Waals surface area contributed by atoms with E-state index < -0.39 is 91.6 Å². The Hall–Kier alpha value is -1.20. The zero-order valence-corrected chi connectivity index (χ0v) is 33.1. The Morgan fingerprint density at radius 1 is 0.483 bits per heavy atom.